The molecule has 2 rings (SSSR count). The summed E-state index contributed by atoms with van der Waals surface area (Å²) in [4.78, 5) is 17.5. The topological polar surface area (TPSA) is 120 Å². The summed E-state index contributed by atoms with van der Waals surface area (Å²) in [6, 6.07) is 0.920. The van der Waals surface area contributed by atoms with Gasteiger partial charge in [-0.25, -0.2) is 9.36 Å². The molecule has 0 bridgehead atoms. The summed E-state index contributed by atoms with van der Waals surface area (Å²) < 4.78 is 45.6. The van der Waals surface area contributed by atoms with Gasteiger partial charge in [0.15, 0.2) is 6.10 Å². The van der Waals surface area contributed by atoms with Crippen LogP contribution in [0.15, 0.2) is 17.1 Å². The normalized spacial score (nSPS) is 37.2. The molecule has 0 amide bonds. The number of aromatic nitrogens is 2. The van der Waals surface area contributed by atoms with Crippen molar-refractivity contribution >= 4 is 5.82 Å². The van der Waals surface area contributed by atoms with Crippen molar-refractivity contribution < 1.29 is 33.2 Å². The lowest BCUT2D eigenvalue weighted by Crippen LogP contribution is -2.55. The van der Waals surface area contributed by atoms with Crippen molar-refractivity contribution in [1.82, 2.24) is 9.55 Å². The largest absolute Gasteiger partial charge is 0.394 e. The fourth-order valence-electron chi connectivity index (χ4n) is 1.85. The molecule has 1 saturated heterocycles. The number of nitrogens with two attached hydrogens (primary N) is 1. The summed E-state index contributed by atoms with van der Waals surface area (Å²) >= 11 is 0. The number of halogens is 3. The summed E-state index contributed by atoms with van der Waals surface area (Å²) in [5.74, 6) is -8.23. The van der Waals surface area contributed by atoms with Gasteiger partial charge in [0, 0.05) is 6.20 Å². The third kappa shape index (κ3) is 1.78. The van der Waals surface area contributed by atoms with E-state index in [-0.39, 0.29) is 10.4 Å². The van der Waals surface area contributed by atoms with Crippen LogP contribution in [0.2, 0.25) is 0 Å². The molecule has 2 heterocycles. The molecule has 112 valence electrons. The van der Waals surface area contributed by atoms with Gasteiger partial charge in [-0.15, -0.1) is 4.94 Å². The highest BCUT2D eigenvalue weighted by atomic mass is 19.3. The Morgan fingerprint density at radius 2 is 2.25 bits per heavy atom. The zero-order valence-corrected chi connectivity index (χ0v) is 9.74. The van der Waals surface area contributed by atoms with Crippen molar-refractivity contribution in [2.24, 2.45) is 0 Å². The van der Waals surface area contributed by atoms with Gasteiger partial charge in [0.2, 0.25) is 0 Å². The Bertz CT molecular complexity index is 572. The Kier molecular flexibility index (Phi) is 3.46. The zero-order valence-electron chi connectivity index (χ0n) is 9.74. The highest BCUT2D eigenvalue weighted by molar-refractivity contribution is 5.24. The van der Waals surface area contributed by atoms with Gasteiger partial charge >= 0.3 is 17.5 Å². The lowest BCUT2D eigenvalue weighted by atomic mass is 10.1. The third-order valence-corrected chi connectivity index (χ3v) is 2.89. The van der Waals surface area contributed by atoms with E-state index in [1.807, 2.05) is 0 Å². The smallest absolute Gasteiger partial charge is 0.363 e. The van der Waals surface area contributed by atoms with Crippen molar-refractivity contribution in [3.8, 4) is 0 Å². The molecule has 20 heavy (non-hydrogen) atoms. The van der Waals surface area contributed by atoms with Gasteiger partial charge in [0.05, 0.1) is 6.61 Å². The number of hydrogen-bond acceptors (Lipinski definition) is 7. The maximum Gasteiger partial charge on any atom is 0.363 e. The second-order valence-corrected chi connectivity index (χ2v) is 4.07. The van der Waals surface area contributed by atoms with E-state index in [9.17, 15) is 23.2 Å². The van der Waals surface area contributed by atoms with E-state index >= 15 is 0 Å². The lowest BCUT2D eigenvalue weighted by Gasteiger charge is -2.29. The standard InChI is InChI=1S/C9H10F3N3O5/c10-8(20-12)6(17)4(3-16)19-9(8,11)15-2-1-5(13)14-7(15)18/h1-2,4,6,16-17H,3H2,(H2,13,14,18)/t4-,6-,8-,9+/m1/s1. The minimum atomic E-state index is -4.07. The number of hydrogen-bond donors (Lipinski definition) is 3. The van der Waals surface area contributed by atoms with E-state index in [0.717, 1.165) is 6.07 Å². The Morgan fingerprint density at radius 3 is 2.75 bits per heavy atom. The average Bonchev–Trinajstić information content (AvgIpc) is 2.61. The van der Waals surface area contributed by atoms with Gasteiger partial charge in [-0.3, -0.25) is 0 Å². The SMILES string of the molecule is Nc1ccn([C@]2(F)O[C@H](CO)[C@@H](O)[C@@]2(F)OF)c(=O)n1. The van der Waals surface area contributed by atoms with Crippen LogP contribution in [0.4, 0.5) is 19.1 Å². The first-order chi connectivity index (χ1) is 9.30. The molecule has 0 saturated carbocycles. The number of nitrogens with zero attached hydrogens (tertiary/aromatic N) is 2. The Morgan fingerprint density at radius 1 is 1.60 bits per heavy atom. The number of rotatable bonds is 3. The van der Waals surface area contributed by atoms with Crippen molar-refractivity contribution in [2.45, 2.75) is 24.0 Å². The predicted octanol–water partition coefficient (Wildman–Crippen LogP) is -1.28. The molecule has 4 N–H and O–H groups in total. The Hall–Kier alpha value is -1.69. The van der Waals surface area contributed by atoms with Gasteiger partial charge in [-0.05, 0) is 10.6 Å². The zero-order chi connectivity index (χ0) is 15.1. The molecule has 0 spiro atoms. The number of alkyl halides is 2. The summed E-state index contributed by atoms with van der Waals surface area (Å²) in [6.07, 6.45) is -3.73. The number of nitrogen functional groups attached to an aromatic ring is 1. The van der Waals surface area contributed by atoms with Gasteiger partial charge < -0.3 is 20.7 Å². The van der Waals surface area contributed by atoms with Gasteiger partial charge in [-0.2, -0.15) is 13.8 Å². The maximum atomic E-state index is 14.6. The van der Waals surface area contributed by atoms with E-state index in [0.29, 0.717) is 6.20 Å². The maximum absolute atomic E-state index is 14.6. The summed E-state index contributed by atoms with van der Waals surface area (Å²) in [7, 11) is 0. The minimum Gasteiger partial charge on any atom is -0.394 e. The minimum absolute atomic E-state index is 0.0815. The highest BCUT2D eigenvalue weighted by Crippen LogP contribution is 2.48. The van der Waals surface area contributed by atoms with Crippen LogP contribution in [-0.4, -0.2) is 44.4 Å². The third-order valence-electron chi connectivity index (χ3n) is 2.89. The van der Waals surface area contributed by atoms with Crippen molar-refractivity contribution in [1.29, 1.82) is 0 Å². The molecule has 1 aliphatic heterocycles. The van der Waals surface area contributed by atoms with E-state index in [2.05, 4.69) is 14.7 Å². The fraction of sp³-hybridized carbons (Fsp3) is 0.556. The molecule has 4 atom stereocenters. The predicted molar refractivity (Wildman–Crippen MR) is 56.0 cm³/mol. The van der Waals surface area contributed by atoms with Crippen LogP contribution in [0.5, 0.6) is 0 Å². The molecule has 0 unspecified atom stereocenters. The summed E-state index contributed by atoms with van der Waals surface area (Å²) in [5, 5.41) is 18.3. The van der Waals surface area contributed by atoms with E-state index < -0.39 is 36.3 Å². The van der Waals surface area contributed by atoms with Crippen LogP contribution in [0.3, 0.4) is 0 Å². The van der Waals surface area contributed by atoms with Crippen LogP contribution < -0.4 is 11.4 Å². The quantitative estimate of drug-likeness (QED) is 0.636. The van der Waals surface area contributed by atoms with Crippen LogP contribution in [0, 0.1) is 0 Å². The Balaban J connectivity index is 2.60. The highest BCUT2D eigenvalue weighted by Gasteiger charge is 2.73. The van der Waals surface area contributed by atoms with Gasteiger partial charge in [0.25, 0.3) is 0 Å². The molecule has 0 radical (unpaired) electrons. The Labute approximate surface area is 109 Å². The molecule has 1 fully saturated rings. The van der Waals surface area contributed by atoms with E-state index in [1.54, 1.807) is 0 Å². The average molecular weight is 297 g/mol. The summed E-state index contributed by atoms with van der Waals surface area (Å²) in [6.45, 7) is -1.04. The van der Waals surface area contributed by atoms with Crippen molar-refractivity contribution in [2.75, 3.05) is 12.3 Å². The monoisotopic (exact) mass is 297 g/mol. The molecular weight excluding hydrogens is 287 g/mol. The fourth-order valence-corrected chi connectivity index (χ4v) is 1.85. The number of aliphatic hydroxyl groups excluding tert-OH is 2. The lowest BCUT2D eigenvalue weighted by molar-refractivity contribution is -0.406. The van der Waals surface area contributed by atoms with E-state index in [4.69, 9.17) is 10.8 Å². The molecule has 8 nitrogen and oxygen atoms in total. The first-order valence-electron chi connectivity index (χ1n) is 5.30. The van der Waals surface area contributed by atoms with Crippen LogP contribution in [0.25, 0.3) is 0 Å². The molecule has 1 aromatic heterocycles. The van der Waals surface area contributed by atoms with Crippen molar-refractivity contribution in [3.05, 3.63) is 22.7 Å². The number of ether oxygens (including phenoxy) is 1. The van der Waals surface area contributed by atoms with Crippen LogP contribution >= 0.6 is 0 Å². The molecule has 1 aliphatic rings. The molecule has 1 aromatic rings. The van der Waals surface area contributed by atoms with Gasteiger partial charge in [-0.1, -0.05) is 0 Å². The van der Waals surface area contributed by atoms with Crippen molar-refractivity contribution in [3.63, 3.8) is 0 Å². The number of anilines is 1. The molecule has 0 aromatic carbocycles. The first-order valence-corrected chi connectivity index (χ1v) is 5.30. The molecule has 0 aliphatic carbocycles. The summed E-state index contributed by atoms with van der Waals surface area (Å²) in [5.41, 5.74) is 3.77. The van der Waals surface area contributed by atoms with Crippen LogP contribution in [-0.2, 0) is 15.7 Å². The second kappa shape index (κ2) is 4.70. The molecule has 11 heteroatoms. The van der Waals surface area contributed by atoms with E-state index in [1.165, 1.54) is 0 Å². The second-order valence-electron chi connectivity index (χ2n) is 4.07. The van der Waals surface area contributed by atoms with Gasteiger partial charge in [0.1, 0.15) is 11.9 Å². The van der Waals surface area contributed by atoms with Crippen LogP contribution in [0.1, 0.15) is 0 Å². The molecular formula is C9H10F3N3O5. The first kappa shape index (κ1) is 14.7. The number of aliphatic hydroxyl groups is 2.